The van der Waals surface area contributed by atoms with E-state index in [2.05, 4.69) is 44.3 Å². The third kappa shape index (κ3) is 4.04. The average molecular weight is 209 g/mol. The van der Waals surface area contributed by atoms with Crippen molar-refractivity contribution in [3.05, 3.63) is 18.0 Å². The van der Waals surface area contributed by atoms with Crippen molar-refractivity contribution in [2.75, 3.05) is 6.54 Å². The van der Waals surface area contributed by atoms with E-state index >= 15 is 0 Å². The molecule has 0 saturated heterocycles. The Labute approximate surface area is 92.9 Å². The van der Waals surface area contributed by atoms with Crippen molar-refractivity contribution in [3.8, 4) is 0 Å². The molecule has 0 fully saturated rings. The average Bonchev–Trinajstić information content (AvgIpc) is 2.66. The summed E-state index contributed by atoms with van der Waals surface area (Å²) in [6.45, 7) is 11.8. The number of rotatable bonds is 6. The minimum absolute atomic E-state index is 0.390. The molecule has 0 saturated carbocycles. The molecule has 0 spiro atoms. The van der Waals surface area contributed by atoms with Crippen molar-refractivity contribution in [2.24, 2.45) is 5.41 Å². The summed E-state index contributed by atoms with van der Waals surface area (Å²) in [6, 6.07) is 0. The maximum Gasteiger partial charge on any atom is 0.0534 e. The van der Waals surface area contributed by atoms with Crippen molar-refractivity contribution in [1.29, 1.82) is 0 Å². The lowest BCUT2D eigenvalue weighted by molar-refractivity contribution is 0.327. The van der Waals surface area contributed by atoms with Gasteiger partial charge < -0.3 is 5.32 Å². The van der Waals surface area contributed by atoms with Crippen LogP contribution in [0.5, 0.6) is 0 Å². The van der Waals surface area contributed by atoms with Gasteiger partial charge in [-0.1, -0.05) is 20.8 Å². The predicted octanol–water partition coefficient (Wildman–Crippen LogP) is 2.43. The van der Waals surface area contributed by atoms with Crippen LogP contribution < -0.4 is 5.32 Å². The molecule has 1 N–H and O–H groups in total. The third-order valence-electron chi connectivity index (χ3n) is 2.90. The molecular formula is C12H23N3. The van der Waals surface area contributed by atoms with Gasteiger partial charge in [-0.15, -0.1) is 0 Å². The fourth-order valence-electron chi connectivity index (χ4n) is 1.34. The molecule has 1 rings (SSSR count). The number of hydrogen-bond donors (Lipinski definition) is 1. The molecule has 0 aliphatic heterocycles. The molecule has 0 amide bonds. The lowest BCUT2D eigenvalue weighted by Crippen LogP contribution is -2.28. The lowest BCUT2D eigenvalue weighted by atomic mass is 9.90. The molecule has 0 aromatic carbocycles. The number of aryl methyl sites for hydroxylation is 1. The second kappa shape index (κ2) is 5.31. The Balaban J connectivity index is 2.31. The van der Waals surface area contributed by atoms with E-state index in [9.17, 15) is 0 Å². The van der Waals surface area contributed by atoms with Crippen LogP contribution in [0, 0.1) is 5.41 Å². The number of aromatic nitrogens is 2. The van der Waals surface area contributed by atoms with Crippen LogP contribution in [0.15, 0.2) is 12.4 Å². The van der Waals surface area contributed by atoms with E-state index in [4.69, 9.17) is 0 Å². The van der Waals surface area contributed by atoms with E-state index in [1.807, 2.05) is 10.9 Å². The van der Waals surface area contributed by atoms with E-state index in [-0.39, 0.29) is 0 Å². The highest BCUT2D eigenvalue weighted by atomic mass is 15.3. The van der Waals surface area contributed by atoms with E-state index in [1.54, 1.807) is 0 Å². The van der Waals surface area contributed by atoms with Crippen molar-refractivity contribution in [2.45, 2.75) is 47.2 Å². The molecule has 1 aromatic heterocycles. The van der Waals surface area contributed by atoms with E-state index in [0.717, 1.165) is 19.6 Å². The molecule has 0 radical (unpaired) electrons. The quantitative estimate of drug-likeness (QED) is 0.780. The van der Waals surface area contributed by atoms with Gasteiger partial charge in [0.15, 0.2) is 0 Å². The first-order chi connectivity index (χ1) is 7.07. The van der Waals surface area contributed by atoms with Crippen LogP contribution in [-0.2, 0) is 13.1 Å². The van der Waals surface area contributed by atoms with E-state index in [1.165, 1.54) is 12.0 Å². The molecule has 3 heteroatoms. The number of nitrogens with one attached hydrogen (secondary N) is 1. The first kappa shape index (κ1) is 12.2. The van der Waals surface area contributed by atoms with Crippen LogP contribution >= 0.6 is 0 Å². The van der Waals surface area contributed by atoms with Crippen molar-refractivity contribution in [1.82, 2.24) is 15.1 Å². The first-order valence-electron chi connectivity index (χ1n) is 5.79. The third-order valence-corrected chi connectivity index (χ3v) is 2.90. The maximum absolute atomic E-state index is 4.25. The zero-order valence-electron chi connectivity index (χ0n) is 10.4. The first-order valence-corrected chi connectivity index (χ1v) is 5.79. The summed E-state index contributed by atoms with van der Waals surface area (Å²) in [4.78, 5) is 0. The summed E-state index contributed by atoms with van der Waals surface area (Å²) in [5.74, 6) is 0. The second-order valence-corrected chi connectivity index (χ2v) is 4.83. The standard InChI is InChI=1S/C12H23N3/c1-5-12(3,4)10-13-7-11-8-14-15(6-2)9-11/h8-9,13H,5-7,10H2,1-4H3. The summed E-state index contributed by atoms with van der Waals surface area (Å²) < 4.78 is 1.96. The smallest absolute Gasteiger partial charge is 0.0534 e. The van der Waals surface area contributed by atoms with Gasteiger partial charge in [0.25, 0.3) is 0 Å². The van der Waals surface area contributed by atoms with Gasteiger partial charge in [0.2, 0.25) is 0 Å². The molecule has 1 aromatic rings. The monoisotopic (exact) mass is 209 g/mol. The largest absolute Gasteiger partial charge is 0.312 e. The van der Waals surface area contributed by atoms with Gasteiger partial charge in [0, 0.05) is 31.4 Å². The Morgan fingerprint density at radius 1 is 1.40 bits per heavy atom. The normalized spacial score (nSPS) is 12.0. The van der Waals surface area contributed by atoms with Gasteiger partial charge in [0.1, 0.15) is 0 Å². The lowest BCUT2D eigenvalue weighted by Gasteiger charge is -2.22. The molecule has 0 bridgehead atoms. The highest BCUT2D eigenvalue weighted by molar-refractivity contribution is 5.03. The molecule has 0 atom stereocenters. The van der Waals surface area contributed by atoms with Crippen LogP contribution in [0.25, 0.3) is 0 Å². The van der Waals surface area contributed by atoms with Gasteiger partial charge in [-0.2, -0.15) is 5.10 Å². The Kier molecular flexibility index (Phi) is 4.33. The second-order valence-electron chi connectivity index (χ2n) is 4.83. The molecule has 0 unspecified atom stereocenters. The topological polar surface area (TPSA) is 29.9 Å². The molecule has 15 heavy (non-hydrogen) atoms. The Morgan fingerprint density at radius 2 is 2.13 bits per heavy atom. The van der Waals surface area contributed by atoms with Crippen LogP contribution in [0.3, 0.4) is 0 Å². The molecule has 1 heterocycles. The highest BCUT2D eigenvalue weighted by Crippen LogP contribution is 2.17. The van der Waals surface area contributed by atoms with Gasteiger partial charge in [-0.05, 0) is 18.8 Å². The Bertz CT molecular complexity index is 289. The predicted molar refractivity (Wildman–Crippen MR) is 63.7 cm³/mol. The summed E-state index contributed by atoms with van der Waals surface area (Å²) in [5, 5.41) is 7.72. The fraction of sp³-hybridized carbons (Fsp3) is 0.750. The molecule has 3 nitrogen and oxygen atoms in total. The summed E-state index contributed by atoms with van der Waals surface area (Å²) >= 11 is 0. The van der Waals surface area contributed by atoms with Crippen molar-refractivity contribution < 1.29 is 0 Å². The number of nitrogens with zero attached hydrogens (tertiary/aromatic N) is 2. The highest BCUT2D eigenvalue weighted by Gasteiger charge is 2.13. The van der Waals surface area contributed by atoms with Crippen LogP contribution in [-0.4, -0.2) is 16.3 Å². The zero-order chi connectivity index (χ0) is 11.3. The van der Waals surface area contributed by atoms with Gasteiger partial charge in [-0.3, -0.25) is 4.68 Å². The van der Waals surface area contributed by atoms with Gasteiger partial charge in [-0.25, -0.2) is 0 Å². The zero-order valence-corrected chi connectivity index (χ0v) is 10.4. The van der Waals surface area contributed by atoms with Crippen molar-refractivity contribution in [3.63, 3.8) is 0 Å². The molecule has 86 valence electrons. The van der Waals surface area contributed by atoms with E-state index in [0.29, 0.717) is 5.41 Å². The Morgan fingerprint density at radius 3 is 2.67 bits per heavy atom. The van der Waals surface area contributed by atoms with E-state index < -0.39 is 0 Å². The Hall–Kier alpha value is -0.830. The van der Waals surface area contributed by atoms with Crippen LogP contribution in [0.2, 0.25) is 0 Å². The number of hydrogen-bond acceptors (Lipinski definition) is 2. The van der Waals surface area contributed by atoms with Gasteiger partial charge >= 0.3 is 0 Å². The van der Waals surface area contributed by atoms with Crippen LogP contribution in [0.1, 0.15) is 39.7 Å². The van der Waals surface area contributed by atoms with Crippen molar-refractivity contribution >= 4 is 0 Å². The van der Waals surface area contributed by atoms with Gasteiger partial charge in [0.05, 0.1) is 6.20 Å². The molecule has 0 aliphatic carbocycles. The summed E-state index contributed by atoms with van der Waals surface area (Å²) in [6.07, 6.45) is 5.25. The minimum atomic E-state index is 0.390. The molecule has 0 aliphatic rings. The minimum Gasteiger partial charge on any atom is -0.312 e. The summed E-state index contributed by atoms with van der Waals surface area (Å²) in [7, 11) is 0. The van der Waals surface area contributed by atoms with Crippen LogP contribution in [0.4, 0.5) is 0 Å². The molecular weight excluding hydrogens is 186 g/mol. The summed E-state index contributed by atoms with van der Waals surface area (Å²) in [5.41, 5.74) is 1.66. The fourth-order valence-corrected chi connectivity index (χ4v) is 1.34. The maximum atomic E-state index is 4.25. The SMILES string of the molecule is CCn1cc(CNCC(C)(C)CC)cn1.